The first-order valence-electron chi connectivity index (χ1n) is 7.62. The number of aliphatic hydroxyl groups excluding tert-OH is 1. The van der Waals surface area contributed by atoms with E-state index in [1.807, 2.05) is 44.2 Å². The van der Waals surface area contributed by atoms with E-state index in [0.29, 0.717) is 13.2 Å². The number of hydrogen-bond acceptors (Lipinski definition) is 3. The molecule has 2 aromatic carbocycles. The fourth-order valence-electron chi connectivity index (χ4n) is 2.08. The Morgan fingerprint density at radius 2 is 1.86 bits per heavy atom. The minimum absolute atomic E-state index is 0.108. The zero-order chi connectivity index (χ0) is 16.0. The van der Waals surface area contributed by atoms with E-state index in [1.54, 1.807) is 0 Å². The molecule has 22 heavy (non-hydrogen) atoms. The topological polar surface area (TPSA) is 41.5 Å². The van der Waals surface area contributed by atoms with Gasteiger partial charge in [0.1, 0.15) is 12.4 Å². The van der Waals surface area contributed by atoms with E-state index in [2.05, 4.69) is 30.4 Å². The van der Waals surface area contributed by atoms with Crippen LogP contribution in [0.25, 0.3) is 0 Å². The van der Waals surface area contributed by atoms with Gasteiger partial charge in [-0.3, -0.25) is 0 Å². The number of aliphatic hydroxyl groups is 1. The summed E-state index contributed by atoms with van der Waals surface area (Å²) in [5.74, 6) is 0.865. The lowest BCUT2D eigenvalue weighted by molar-refractivity contribution is 0.187. The third-order valence-electron chi connectivity index (χ3n) is 3.72. The van der Waals surface area contributed by atoms with Crippen LogP contribution in [0.1, 0.15) is 30.5 Å². The van der Waals surface area contributed by atoms with E-state index < -0.39 is 0 Å². The first-order chi connectivity index (χ1) is 10.5. The fraction of sp³-hybridized carbons (Fsp3) is 0.368. The highest BCUT2D eigenvalue weighted by Crippen LogP contribution is 2.17. The summed E-state index contributed by atoms with van der Waals surface area (Å²) >= 11 is 0. The fourth-order valence-corrected chi connectivity index (χ4v) is 2.08. The van der Waals surface area contributed by atoms with Crippen LogP contribution in [0.2, 0.25) is 0 Å². The largest absolute Gasteiger partial charge is 0.489 e. The molecule has 0 bridgehead atoms. The Bertz CT molecular complexity index is 608. The molecular formula is C19H25NO2. The number of rotatable bonds is 7. The highest BCUT2D eigenvalue weighted by atomic mass is 16.5. The monoisotopic (exact) mass is 299 g/mol. The highest BCUT2D eigenvalue weighted by Gasteiger charge is 2.14. The molecule has 0 heterocycles. The van der Waals surface area contributed by atoms with Gasteiger partial charge in [0.25, 0.3) is 0 Å². The van der Waals surface area contributed by atoms with Crippen LogP contribution in [0.3, 0.4) is 0 Å². The van der Waals surface area contributed by atoms with Crippen LogP contribution >= 0.6 is 0 Å². The van der Waals surface area contributed by atoms with Gasteiger partial charge >= 0.3 is 0 Å². The molecule has 0 spiro atoms. The smallest absolute Gasteiger partial charge is 0.120 e. The lowest BCUT2D eigenvalue weighted by Crippen LogP contribution is -2.42. The average Bonchev–Trinajstić information content (AvgIpc) is 2.53. The van der Waals surface area contributed by atoms with Crippen molar-refractivity contribution in [1.82, 2.24) is 5.32 Å². The zero-order valence-corrected chi connectivity index (χ0v) is 13.6. The van der Waals surface area contributed by atoms with E-state index >= 15 is 0 Å². The molecule has 0 aromatic heterocycles. The first kappa shape index (κ1) is 16.5. The summed E-state index contributed by atoms with van der Waals surface area (Å²) in [4.78, 5) is 0. The summed E-state index contributed by atoms with van der Waals surface area (Å²) in [7, 11) is 0. The third kappa shape index (κ3) is 4.86. The summed E-state index contributed by atoms with van der Waals surface area (Å²) < 4.78 is 5.89. The predicted molar refractivity (Wildman–Crippen MR) is 90.0 cm³/mol. The Hall–Kier alpha value is -1.84. The minimum Gasteiger partial charge on any atom is -0.489 e. The quantitative estimate of drug-likeness (QED) is 0.823. The van der Waals surface area contributed by atoms with Gasteiger partial charge in [0.15, 0.2) is 0 Å². The molecule has 0 radical (unpaired) electrons. The molecule has 0 atom stereocenters. The Labute approximate surface area is 133 Å². The third-order valence-corrected chi connectivity index (χ3v) is 3.72. The van der Waals surface area contributed by atoms with Gasteiger partial charge in [-0.15, -0.1) is 0 Å². The van der Waals surface area contributed by atoms with E-state index in [-0.39, 0.29) is 12.1 Å². The van der Waals surface area contributed by atoms with Crippen molar-refractivity contribution in [3.63, 3.8) is 0 Å². The van der Waals surface area contributed by atoms with Crippen molar-refractivity contribution in [2.45, 2.75) is 39.5 Å². The van der Waals surface area contributed by atoms with Crippen molar-refractivity contribution < 1.29 is 9.84 Å². The van der Waals surface area contributed by atoms with Gasteiger partial charge < -0.3 is 15.2 Å². The van der Waals surface area contributed by atoms with Gasteiger partial charge in [0.2, 0.25) is 0 Å². The maximum absolute atomic E-state index is 9.28. The summed E-state index contributed by atoms with van der Waals surface area (Å²) in [6.07, 6.45) is 0. The van der Waals surface area contributed by atoms with Crippen LogP contribution in [0.5, 0.6) is 5.75 Å². The number of ether oxygens (including phenoxy) is 1. The molecule has 0 aliphatic rings. The highest BCUT2D eigenvalue weighted by molar-refractivity contribution is 5.30. The van der Waals surface area contributed by atoms with Gasteiger partial charge in [-0.05, 0) is 49.6 Å². The lowest BCUT2D eigenvalue weighted by atomic mass is 10.1. The molecule has 0 unspecified atom stereocenters. The maximum atomic E-state index is 9.28. The van der Waals surface area contributed by atoms with Gasteiger partial charge in [-0.2, -0.15) is 0 Å². The number of nitrogens with one attached hydrogen (secondary N) is 1. The molecule has 0 fully saturated rings. The molecule has 118 valence electrons. The van der Waals surface area contributed by atoms with Crippen molar-refractivity contribution in [1.29, 1.82) is 0 Å². The molecule has 0 saturated heterocycles. The molecule has 2 N–H and O–H groups in total. The Kier molecular flexibility index (Phi) is 5.58. The van der Waals surface area contributed by atoms with Crippen LogP contribution in [0.15, 0.2) is 48.5 Å². The second kappa shape index (κ2) is 7.43. The Morgan fingerprint density at radius 1 is 1.09 bits per heavy atom. The molecule has 0 saturated carbocycles. The number of benzene rings is 2. The van der Waals surface area contributed by atoms with Crippen molar-refractivity contribution >= 4 is 0 Å². The summed E-state index contributed by atoms with van der Waals surface area (Å²) in [5, 5.41) is 12.6. The zero-order valence-electron chi connectivity index (χ0n) is 13.6. The van der Waals surface area contributed by atoms with E-state index in [9.17, 15) is 5.11 Å². The summed E-state index contributed by atoms with van der Waals surface area (Å²) in [6, 6.07) is 16.3. The van der Waals surface area contributed by atoms with Crippen LogP contribution in [-0.4, -0.2) is 17.3 Å². The molecule has 2 aromatic rings. The Morgan fingerprint density at radius 3 is 2.59 bits per heavy atom. The number of hydrogen-bond donors (Lipinski definition) is 2. The van der Waals surface area contributed by atoms with Crippen molar-refractivity contribution in [2.24, 2.45) is 0 Å². The number of aryl methyl sites for hydroxylation is 1. The second-order valence-electron chi connectivity index (χ2n) is 6.26. The van der Waals surface area contributed by atoms with Crippen LogP contribution < -0.4 is 10.1 Å². The predicted octanol–water partition coefficient (Wildman–Crippen LogP) is 3.43. The van der Waals surface area contributed by atoms with Gasteiger partial charge in [-0.25, -0.2) is 0 Å². The normalized spacial score (nSPS) is 11.5. The molecule has 3 heteroatoms. The standard InChI is InChI=1S/C19H25NO2/c1-15-7-4-5-9-17(15)13-22-18-10-6-8-16(11-18)12-20-19(2,3)14-21/h4-11,20-21H,12-14H2,1-3H3. The SMILES string of the molecule is Cc1ccccc1COc1cccc(CNC(C)(C)CO)c1. The van der Waals surface area contributed by atoms with Gasteiger partial charge in [0, 0.05) is 12.1 Å². The van der Waals surface area contributed by atoms with Crippen LogP contribution in [0, 0.1) is 6.92 Å². The van der Waals surface area contributed by atoms with E-state index in [1.165, 1.54) is 11.1 Å². The van der Waals surface area contributed by atoms with Crippen LogP contribution in [0.4, 0.5) is 0 Å². The van der Waals surface area contributed by atoms with Gasteiger partial charge in [-0.1, -0.05) is 36.4 Å². The molecule has 0 aliphatic heterocycles. The average molecular weight is 299 g/mol. The van der Waals surface area contributed by atoms with E-state index in [0.717, 1.165) is 11.3 Å². The molecule has 0 amide bonds. The summed E-state index contributed by atoms with van der Waals surface area (Å²) in [5.41, 5.74) is 3.30. The van der Waals surface area contributed by atoms with Crippen LogP contribution in [-0.2, 0) is 13.2 Å². The van der Waals surface area contributed by atoms with E-state index in [4.69, 9.17) is 4.74 Å². The summed E-state index contributed by atoms with van der Waals surface area (Å²) in [6.45, 7) is 7.43. The molecular weight excluding hydrogens is 274 g/mol. The second-order valence-corrected chi connectivity index (χ2v) is 6.26. The van der Waals surface area contributed by atoms with Crippen molar-refractivity contribution in [2.75, 3.05) is 6.61 Å². The Balaban J connectivity index is 1.95. The maximum Gasteiger partial charge on any atom is 0.120 e. The van der Waals surface area contributed by atoms with Crippen molar-refractivity contribution in [3.8, 4) is 5.75 Å². The molecule has 0 aliphatic carbocycles. The van der Waals surface area contributed by atoms with Crippen molar-refractivity contribution in [3.05, 3.63) is 65.2 Å². The molecule has 2 rings (SSSR count). The first-order valence-corrected chi connectivity index (χ1v) is 7.62. The minimum atomic E-state index is -0.280. The van der Waals surface area contributed by atoms with Gasteiger partial charge in [0.05, 0.1) is 6.61 Å². The lowest BCUT2D eigenvalue weighted by Gasteiger charge is -2.23. The molecule has 3 nitrogen and oxygen atoms in total.